The molecule has 3 nitrogen and oxygen atoms in total. The Morgan fingerprint density at radius 2 is 2.24 bits per heavy atom. The number of nitrogens with zero attached hydrogens (tertiary/aromatic N) is 1. The van der Waals surface area contributed by atoms with Crippen molar-refractivity contribution in [3.63, 3.8) is 0 Å². The van der Waals surface area contributed by atoms with E-state index in [1.807, 2.05) is 6.07 Å². The van der Waals surface area contributed by atoms with Gasteiger partial charge in [0, 0.05) is 29.4 Å². The number of nitrogens with one attached hydrogen (secondary N) is 1. The Bertz CT molecular complexity index is 420. The van der Waals surface area contributed by atoms with E-state index in [-0.39, 0.29) is 0 Å². The van der Waals surface area contributed by atoms with E-state index in [9.17, 15) is 4.21 Å². The van der Waals surface area contributed by atoms with Crippen molar-refractivity contribution < 1.29 is 4.21 Å². The van der Waals surface area contributed by atoms with Gasteiger partial charge in [-0.15, -0.1) is 0 Å². The fraction of sp³-hybridized carbons (Fsp3) is 0.417. The van der Waals surface area contributed by atoms with E-state index in [4.69, 9.17) is 0 Å². The fourth-order valence-corrected chi connectivity index (χ4v) is 3.05. The second-order valence-electron chi connectivity index (χ2n) is 3.87. The molecular formula is C12H16N2OS2. The van der Waals surface area contributed by atoms with Gasteiger partial charge < -0.3 is 5.32 Å². The first-order valence-corrected chi connectivity index (χ1v) is 8.16. The largest absolute Gasteiger partial charge is 0.364 e. The summed E-state index contributed by atoms with van der Waals surface area (Å²) in [7, 11) is -0.737. The third-order valence-electron chi connectivity index (χ3n) is 2.49. The smallest absolute Gasteiger partial charge is 0.157 e. The topological polar surface area (TPSA) is 41.5 Å². The van der Waals surface area contributed by atoms with E-state index in [0.717, 1.165) is 18.3 Å². The molecule has 0 fully saturated rings. The lowest BCUT2D eigenvalue weighted by atomic mass is 10.1. The molecule has 0 saturated carbocycles. The number of hydrogen-bond donors (Lipinski definition) is 1. The minimum atomic E-state index is -0.737. The van der Waals surface area contributed by atoms with Crippen molar-refractivity contribution in [3.8, 4) is 0 Å². The first-order valence-electron chi connectivity index (χ1n) is 5.55. The Hall–Kier alpha value is -0.810. The minimum Gasteiger partial charge on any atom is -0.364 e. The molecule has 1 aliphatic rings. The van der Waals surface area contributed by atoms with Crippen LogP contribution in [-0.2, 0) is 10.8 Å². The van der Waals surface area contributed by atoms with Crippen molar-refractivity contribution in [1.82, 2.24) is 5.32 Å². The molecule has 0 spiro atoms. The summed E-state index contributed by atoms with van der Waals surface area (Å²) >= 11 is 1.76. The van der Waals surface area contributed by atoms with Crippen molar-refractivity contribution >= 4 is 27.7 Å². The highest BCUT2D eigenvalue weighted by atomic mass is 32.2. The van der Waals surface area contributed by atoms with Crippen LogP contribution in [0.5, 0.6) is 0 Å². The summed E-state index contributed by atoms with van der Waals surface area (Å²) in [5.41, 5.74) is 1.32. The van der Waals surface area contributed by atoms with Crippen LogP contribution in [0.4, 0.5) is 0 Å². The molecule has 92 valence electrons. The molecule has 5 heteroatoms. The Labute approximate surface area is 109 Å². The molecular weight excluding hydrogens is 252 g/mol. The minimum absolute atomic E-state index is 0.422. The first-order chi connectivity index (χ1) is 8.25. The van der Waals surface area contributed by atoms with Crippen LogP contribution in [0.3, 0.4) is 0 Å². The van der Waals surface area contributed by atoms with Crippen LogP contribution < -0.4 is 5.32 Å². The fourth-order valence-electron chi connectivity index (χ4n) is 1.62. The van der Waals surface area contributed by atoms with Crippen LogP contribution in [0, 0.1) is 0 Å². The maximum absolute atomic E-state index is 10.9. The van der Waals surface area contributed by atoms with Crippen LogP contribution in [0.25, 0.3) is 0 Å². The Kier molecular flexibility index (Phi) is 4.62. The van der Waals surface area contributed by atoms with Gasteiger partial charge >= 0.3 is 0 Å². The molecule has 0 aromatic heterocycles. The molecule has 0 aliphatic carbocycles. The zero-order valence-electron chi connectivity index (χ0n) is 9.76. The van der Waals surface area contributed by atoms with E-state index in [1.165, 1.54) is 5.56 Å². The summed E-state index contributed by atoms with van der Waals surface area (Å²) in [6, 6.07) is 10.4. The molecule has 0 radical (unpaired) electrons. The van der Waals surface area contributed by atoms with Gasteiger partial charge in [-0.2, -0.15) is 0 Å². The van der Waals surface area contributed by atoms with Crippen molar-refractivity contribution in [3.05, 3.63) is 35.9 Å². The molecule has 2 rings (SSSR count). The van der Waals surface area contributed by atoms with Gasteiger partial charge in [-0.05, 0) is 5.56 Å². The average Bonchev–Trinajstić information content (AvgIpc) is 2.78. The van der Waals surface area contributed by atoms with E-state index in [0.29, 0.717) is 11.0 Å². The second kappa shape index (κ2) is 6.21. The third kappa shape index (κ3) is 3.85. The number of amidine groups is 1. The highest BCUT2D eigenvalue weighted by Gasteiger charge is 2.20. The molecule has 1 aromatic carbocycles. The van der Waals surface area contributed by atoms with Gasteiger partial charge in [0.1, 0.15) is 0 Å². The van der Waals surface area contributed by atoms with Gasteiger partial charge in [0.2, 0.25) is 0 Å². The Balaban J connectivity index is 1.81. The third-order valence-corrected chi connectivity index (χ3v) is 4.47. The van der Waals surface area contributed by atoms with E-state index in [1.54, 1.807) is 18.0 Å². The highest BCUT2D eigenvalue weighted by molar-refractivity contribution is 8.14. The average molecular weight is 268 g/mol. The number of benzene rings is 1. The maximum Gasteiger partial charge on any atom is 0.157 e. The molecule has 1 aromatic rings. The second-order valence-corrected chi connectivity index (χ2v) is 6.61. The SMILES string of the molecule is CS(=O)CCNC1=NCC(c2ccccc2)S1. The standard InChI is InChI=1S/C12H16N2OS2/c1-17(15)8-7-13-12-14-9-11(16-12)10-5-3-2-4-6-10/h2-6,11H,7-9H2,1H3,(H,13,14). The van der Waals surface area contributed by atoms with Crippen molar-refractivity contribution in [2.75, 3.05) is 25.1 Å². The summed E-state index contributed by atoms with van der Waals surface area (Å²) in [5, 5.41) is 4.63. The van der Waals surface area contributed by atoms with Crippen molar-refractivity contribution in [2.24, 2.45) is 4.99 Å². The molecule has 1 N–H and O–H groups in total. The lowest BCUT2D eigenvalue weighted by Crippen LogP contribution is -2.24. The maximum atomic E-state index is 10.9. The van der Waals surface area contributed by atoms with E-state index in [2.05, 4.69) is 34.6 Å². The lowest BCUT2D eigenvalue weighted by molar-refractivity contribution is 0.685. The molecule has 0 bridgehead atoms. The van der Waals surface area contributed by atoms with Gasteiger partial charge in [0.25, 0.3) is 0 Å². The van der Waals surface area contributed by atoms with Crippen LogP contribution in [0.15, 0.2) is 35.3 Å². The molecule has 1 aliphatic heterocycles. The predicted octanol–water partition coefficient (Wildman–Crippen LogP) is 1.80. The Morgan fingerprint density at radius 1 is 1.47 bits per heavy atom. The van der Waals surface area contributed by atoms with Crippen LogP contribution in [-0.4, -0.2) is 34.5 Å². The quantitative estimate of drug-likeness (QED) is 0.905. The monoisotopic (exact) mass is 268 g/mol. The van der Waals surface area contributed by atoms with Crippen molar-refractivity contribution in [2.45, 2.75) is 5.25 Å². The van der Waals surface area contributed by atoms with Gasteiger partial charge in [0.05, 0.1) is 11.8 Å². The molecule has 0 amide bonds. The molecule has 17 heavy (non-hydrogen) atoms. The van der Waals surface area contributed by atoms with Gasteiger partial charge in [-0.25, -0.2) is 0 Å². The zero-order chi connectivity index (χ0) is 12.1. The lowest BCUT2D eigenvalue weighted by Gasteiger charge is -2.08. The summed E-state index contributed by atoms with van der Waals surface area (Å²) in [6.07, 6.45) is 1.72. The van der Waals surface area contributed by atoms with Gasteiger partial charge in [-0.3, -0.25) is 9.20 Å². The van der Waals surface area contributed by atoms with Gasteiger partial charge in [-0.1, -0.05) is 42.1 Å². The van der Waals surface area contributed by atoms with Gasteiger partial charge in [0.15, 0.2) is 5.17 Å². The van der Waals surface area contributed by atoms with Crippen LogP contribution in [0.1, 0.15) is 10.8 Å². The molecule has 2 atom stereocenters. The van der Waals surface area contributed by atoms with E-state index >= 15 is 0 Å². The summed E-state index contributed by atoms with van der Waals surface area (Å²) in [6.45, 7) is 1.56. The van der Waals surface area contributed by atoms with Crippen molar-refractivity contribution in [1.29, 1.82) is 0 Å². The van der Waals surface area contributed by atoms with Crippen LogP contribution >= 0.6 is 11.8 Å². The number of thioether (sulfide) groups is 1. The first kappa shape index (κ1) is 12.6. The molecule has 1 heterocycles. The summed E-state index contributed by atoms with van der Waals surface area (Å²) in [5.74, 6) is 0.676. The zero-order valence-corrected chi connectivity index (χ0v) is 11.4. The predicted molar refractivity (Wildman–Crippen MR) is 76.0 cm³/mol. The number of aliphatic imine (C=N–C) groups is 1. The Morgan fingerprint density at radius 3 is 2.94 bits per heavy atom. The van der Waals surface area contributed by atoms with Crippen LogP contribution in [0.2, 0.25) is 0 Å². The van der Waals surface area contributed by atoms with E-state index < -0.39 is 10.8 Å². The highest BCUT2D eigenvalue weighted by Crippen LogP contribution is 2.33. The summed E-state index contributed by atoms with van der Waals surface area (Å²) < 4.78 is 10.9. The molecule has 0 saturated heterocycles. The normalized spacial score (nSPS) is 21.0. The molecule has 2 unspecified atom stereocenters. The number of hydrogen-bond acceptors (Lipinski definition) is 4. The number of rotatable bonds is 4. The summed E-state index contributed by atoms with van der Waals surface area (Å²) in [4.78, 5) is 4.46.